The summed E-state index contributed by atoms with van der Waals surface area (Å²) in [7, 11) is 1.00. The van der Waals surface area contributed by atoms with Gasteiger partial charge in [0.1, 0.15) is 54.9 Å². The Kier molecular flexibility index (Phi) is 16.0. The van der Waals surface area contributed by atoms with Gasteiger partial charge < -0.3 is 43.4 Å². The topological polar surface area (TPSA) is 139 Å². The number of hydrogen-bond donors (Lipinski definition) is 2. The fourth-order valence-corrected chi connectivity index (χ4v) is 6.96. The number of ether oxygens (including phenoxy) is 7. The Bertz CT molecular complexity index is 1900. The lowest BCUT2D eigenvalue weighted by Gasteiger charge is -2.30. The van der Waals surface area contributed by atoms with E-state index in [1.54, 1.807) is 0 Å². The average Bonchev–Trinajstić information content (AvgIpc) is 3.64. The SMILES string of the molecule is CC(CC(C)(C)Oc1ccc(C(C)(C)c2ccc(OCC(O)COC(C)(C)c3ccc(C(C)(C)c4ccc(OCC5COC(=O)O5)cc4)cc3)cc2)cc1)OC=O.CO. The van der Waals surface area contributed by atoms with E-state index in [0.717, 1.165) is 40.7 Å². The molecule has 0 aromatic heterocycles. The van der Waals surface area contributed by atoms with Crippen LogP contribution < -0.4 is 14.2 Å². The van der Waals surface area contributed by atoms with E-state index in [9.17, 15) is 14.7 Å². The van der Waals surface area contributed by atoms with Gasteiger partial charge >= 0.3 is 6.16 Å². The molecule has 0 radical (unpaired) electrons. The lowest BCUT2D eigenvalue weighted by Crippen LogP contribution is -2.33. The first kappa shape index (κ1) is 46.6. The highest BCUT2D eigenvalue weighted by Crippen LogP contribution is 2.36. The third-order valence-corrected chi connectivity index (χ3v) is 10.7. The number of benzene rings is 4. The van der Waals surface area contributed by atoms with Crippen molar-refractivity contribution in [1.29, 1.82) is 0 Å². The molecule has 0 aliphatic carbocycles. The third-order valence-electron chi connectivity index (χ3n) is 10.7. The van der Waals surface area contributed by atoms with Crippen LogP contribution in [0.3, 0.4) is 0 Å². The van der Waals surface area contributed by atoms with Gasteiger partial charge in [-0.25, -0.2) is 4.79 Å². The second-order valence-electron chi connectivity index (χ2n) is 16.9. The molecule has 0 saturated carbocycles. The van der Waals surface area contributed by atoms with Crippen LogP contribution in [0.1, 0.15) is 96.6 Å². The number of aliphatic hydroxyl groups is 2. The molecule has 4 aromatic rings. The zero-order chi connectivity index (χ0) is 43.4. The molecule has 0 spiro atoms. The van der Waals surface area contributed by atoms with Gasteiger partial charge in [0.15, 0.2) is 6.10 Å². The van der Waals surface area contributed by atoms with Crippen molar-refractivity contribution in [3.05, 3.63) is 125 Å². The van der Waals surface area contributed by atoms with E-state index in [0.29, 0.717) is 24.4 Å². The summed E-state index contributed by atoms with van der Waals surface area (Å²) < 4.78 is 39.0. The molecule has 5 rings (SSSR count). The van der Waals surface area contributed by atoms with Crippen LogP contribution >= 0.6 is 0 Å². The molecular weight excluding hydrogens is 753 g/mol. The summed E-state index contributed by atoms with van der Waals surface area (Å²) in [5.41, 5.74) is 3.83. The fraction of sp³-hybridized carbons (Fsp3) is 0.458. The maximum absolute atomic E-state index is 11.1. The normalized spacial score (nSPS) is 15.5. The highest BCUT2D eigenvalue weighted by Gasteiger charge is 2.29. The molecule has 1 fully saturated rings. The molecule has 11 heteroatoms. The van der Waals surface area contributed by atoms with Gasteiger partial charge in [-0.2, -0.15) is 0 Å². The van der Waals surface area contributed by atoms with Crippen LogP contribution in [0, 0.1) is 0 Å². The van der Waals surface area contributed by atoms with E-state index in [4.69, 9.17) is 38.3 Å². The quantitative estimate of drug-likeness (QED) is 0.0655. The van der Waals surface area contributed by atoms with Crippen molar-refractivity contribution in [2.24, 2.45) is 0 Å². The molecule has 1 aliphatic rings. The van der Waals surface area contributed by atoms with E-state index >= 15 is 0 Å². The van der Waals surface area contributed by atoms with E-state index in [2.05, 4.69) is 64.1 Å². The zero-order valence-electron chi connectivity index (χ0n) is 36.2. The second kappa shape index (κ2) is 20.2. The standard InChI is InChI=1S/C47H58O10.CH4O/c1-32(54-31-48)26-44(2,3)57-41-24-18-36(19-25-41)46(6,7)35-14-20-39(21-15-35)51-27-38(49)28-55-47(8,9)37-12-10-33(11-13-37)45(4,5)34-16-22-40(23-17-34)52-29-42-30-53-43(50)56-42;1-2/h10-25,31-32,38,42,49H,26-30H2,1-9H3;2H,1H3. The second-order valence-corrected chi connectivity index (χ2v) is 16.9. The molecule has 1 aliphatic heterocycles. The maximum Gasteiger partial charge on any atom is 0.508 e. The van der Waals surface area contributed by atoms with Gasteiger partial charge in [0.25, 0.3) is 6.47 Å². The van der Waals surface area contributed by atoms with E-state index in [1.165, 1.54) is 0 Å². The summed E-state index contributed by atoms with van der Waals surface area (Å²) in [6.07, 6.45) is -1.55. The van der Waals surface area contributed by atoms with Crippen molar-refractivity contribution in [3.63, 3.8) is 0 Å². The van der Waals surface area contributed by atoms with Gasteiger partial charge in [0.2, 0.25) is 0 Å². The Balaban J connectivity index is 0.00000378. The number of rotatable bonds is 20. The summed E-state index contributed by atoms with van der Waals surface area (Å²) in [6.45, 7) is 19.6. The molecular formula is C48H62O11. The zero-order valence-corrected chi connectivity index (χ0v) is 36.2. The van der Waals surface area contributed by atoms with Crippen molar-refractivity contribution in [3.8, 4) is 17.2 Å². The number of carbonyl (C=O) groups excluding carboxylic acids is 2. The monoisotopic (exact) mass is 814 g/mol. The number of cyclic esters (lactones) is 2. The molecule has 320 valence electrons. The smallest absolute Gasteiger partial charge is 0.491 e. The van der Waals surface area contributed by atoms with Gasteiger partial charge in [0.05, 0.1) is 12.2 Å². The van der Waals surface area contributed by atoms with Crippen LogP contribution in [0.15, 0.2) is 97.1 Å². The van der Waals surface area contributed by atoms with Gasteiger partial charge in [-0.15, -0.1) is 0 Å². The summed E-state index contributed by atoms with van der Waals surface area (Å²) in [4.78, 5) is 21.8. The molecule has 1 saturated heterocycles. The van der Waals surface area contributed by atoms with Crippen molar-refractivity contribution in [1.82, 2.24) is 0 Å². The Morgan fingerprint density at radius 3 is 1.58 bits per heavy atom. The molecule has 1 heterocycles. The van der Waals surface area contributed by atoms with Gasteiger partial charge in [-0.1, -0.05) is 88.4 Å². The summed E-state index contributed by atoms with van der Waals surface area (Å²) in [5.74, 6) is 2.11. The Hall–Kier alpha value is -5.10. The van der Waals surface area contributed by atoms with Crippen LogP contribution in [0.25, 0.3) is 0 Å². The predicted octanol–water partition coefficient (Wildman–Crippen LogP) is 8.66. The molecule has 4 aromatic carbocycles. The summed E-state index contributed by atoms with van der Waals surface area (Å²) in [6, 6.07) is 32.3. The summed E-state index contributed by atoms with van der Waals surface area (Å²) in [5, 5.41) is 17.8. The van der Waals surface area contributed by atoms with Crippen LogP contribution in [0.5, 0.6) is 17.2 Å². The number of hydrogen-bond acceptors (Lipinski definition) is 11. The maximum atomic E-state index is 11.1. The molecule has 3 unspecified atom stereocenters. The molecule has 59 heavy (non-hydrogen) atoms. The summed E-state index contributed by atoms with van der Waals surface area (Å²) >= 11 is 0. The minimum Gasteiger partial charge on any atom is -0.491 e. The number of aliphatic hydroxyl groups excluding tert-OH is 2. The first-order chi connectivity index (χ1) is 27.9. The van der Waals surface area contributed by atoms with Crippen LogP contribution in [0.4, 0.5) is 4.79 Å². The molecule has 11 nitrogen and oxygen atoms in total. The van der Waals surface area contributed by atoms with Crippen LogP contribution in [-0.4, -0.2) is 80.3 Å². The molecule has 0 amide bonds. The minimum absolute atomic E-state index is 0.0933. The van der Waals surface area contributed by atoms with E-state index in [1.807, 2.05) is 95.3 Å². The lowest BCUT2D eigenvalue weighted by atomic mass is 9.77. The minimum atomic E-state index is -0.821. The Morgan fingerprint density at radius 1 is 0.678 bits per heavy atom. The van der Waals surface area contributed by atoms with Crippen molar-refractivity contribution in [2.75, 3.05) is 33.5 Å². The first-order valence-corrected chi connectivity index (χ1v) is 19.9. The largest absolute Gasteiger partial charge is 0.508 e. The fourth-order valence-electron chi connectivity index (χ4n) is 6.96. The third kappa shape index (κ3) is 12.9. The molecule has 3 atom stereocenters. The lowest BCUT2D eigenvalue weighted by molar-refractivity contribution is -0.134. The predicted molar refractivity (Wildman–Crippen MR) is 226 cm³/mol. The van der Waals surface area contributed by atoms with E-state index in [-0.39, 0.29) is 43.4 Å². The van der Waals surface area contributed by atoms with E-state index < -0.39 is 29.6 Å². The van der Waals surface area contributed by atoms with Crippen LogP contribution in [0.2, 0.25) is 0 Å². The van der Waals surface area contributed by atoms with Gasteiger partial charge in [0, 0.05) is 24.4 Å². The first-order valence-electron chi connectivity index (χ1n) is 19.9. The van der Waals surface area contributed by atoms with Gasteiger partial charge in [-0.3, -0.25) is 4.79 Å². The van der Waals surface area contributed by atoms with Crippen LogP contribution in [-0.2, 0) is 40.2 Å². The highest BCUT2D eigenvalue weighted by molar-refractivity contribution is 5.61. The molecule has 0 bridgehead atoms. The number of carbonyl (C=O) groups is 2. The van der Waals surface area contributed by atoms with Gasteiger partial charge in [-0.05, 0) is 98.8 Å². The van der Waals surface area contributed by atoms with Crippen molar-refractivity contribution in [2.45, 2.75) is 109 Å². The Morgan fingerprint density at radius 2 is 1.12 bits per heavy atom. The van der Waals surface area contributed by atoms with Crippen molar-refractivity contribution < 1.29 is 53.0 Å². The highest BCUT2D eigenvalue weighted by atomic mass is 16.8. The molecule has 2 N–H and O–H groups in total. The Labute approximate surface area is 349 Å². The average molecular weight is 815 g/mol. The van der Waals surface area contributed by atoms with Crippen molar-refractivity contribution >= 4 is 12.6 Å².